The van der Waals surface area contributed by atoms with Crippen LogP contribution in [-0.4, -0.2) is 31.3 Å². The third-order valence-corrected chi connectivity index (χ3v) is 4.19. The van der Waals surface area contributed by atoms with Crippen LogP contribution >= 0.6 is 0 Å². The van der Waals surface area contributed by atoms with Crippen molar-refractivity contribution in [1.29, 1.82) is 0 Å². The van der Waals surface area contributed by atoms with Crippen LogP contribution in [0.1, 0.15) is 63.9 Å². The molecule has 0 unspecified atom stereocenters. The molecule has 0 bridgehead atoms. The van der Waals surface area contributed by atoms with Gasteiger partial charge in [0.25, 0.3) is 0 Å². The first-order valence-corrected chi connectivity index (χ1v) is 10.1. The van der Waals surface area contributed by atoms with Gasteiger partial charge >= 0.3 is 18.1 Å². The number of alkyl halides is 3. The molecule has 0 aliphatic rings. The minimum Gasteiger partial charge on any atom is -0.494 e. The Hall–Kier alpha value is -2.09. The van der Waals surface area contributed by atoms with Gasteiger partial charge in [-0.15, -0.1) is 0 Å². The molecule has 0 fully saturated rings. The third kappa shape index (κ3) is 12.2. The fraction of sp³-hybridized carbons (Fsp3) is 0.619. The second-order valence-electron chi connectivity index (χ2n) is 6.80. The lowest BCUT2D eigenvalue weighted by Gasteiger charge is -2.09. The predicted octanol–water partition coefficient (Wildman–Crippen LogP) is 4.93. The van der Waals surface area contributed by atoms with Gasteiger partial charge in [0, 0.05) is 13.1 Å². The summed E-state index contributed by atoms with van der Waals surface area (Å²) < 4.78 is 45.5. The molecule has 0 atom stereocenters. The van der Waals surface area contributed by atoms with Gasteiger partial charge in [-0.1, -0.05) is 57.6 Å². The van der Waals surface area contributed by atoms with E-state index in [1.54, 1.807) is 0 Å². The molecule has 0 heterocycles. The number of hydrogen-bond donors (Lipinski definition) is 1. The number of carbonyl (C=O) groups excluding carboxylic acids is 2. The smallest absolute Gasteiger partial charge is 0.491 e. The summed E-state index contributed by atoms with van der Waals surface area (Å²) in [7, 11) is 0. The summed E-state index contributed by atoms with van der Waals surface area (Å²) in [6.07, 6.45) is 2.99. The molecule has 164 valence electrons. The van der Waals surface area contributed by atoms with Crippen molar-refractivity contribution in [2.75, 3.05) is 13.2 Å². The van der Waals surface area contributed by atoms with Gasteiger partial charge in [0.15, 0.2) is 0 Å². The molecule has 0 aliphatic heterocycles. The van der Waals surface area contributed by atoms with E-state index in [1.807, 2.05) is 24.3 Å². The third-order valence-electron chi connectivity index (χ3n) is 4.19. The first kappa shape index (κ1) is 24.9. The highest BCUT2D eigenvalue weighted by atomic mass is 19.4. The number of esters is 2. The lowest BCUT2D eigenvalue weighted by Crippen LogP contribution is -2.29. The summed E-state index contributed by atoms with van der Waals surface area (Å²) in [5, 5.41) is 2.92. The monoisotopic (exact) mass is 417 g/mol. The van der Waals surface area contributed by atoms with Crippen LogP contribution in [0.4, 0.5) is 13.2 Å². The molecule has 0 aliphatic carbocycles. The summed E-state index contributed by atoms with van der Waals surface area (Å²) in [6.45, 7) is 3.36. The SMILES string of the molecule is CCCCCCCCCOc1cccc(CNCCC(=O)OC(=O)C(F)(F)F)c1. The van der Waals surface area contributed by atoms with E-state index in [4.69, 9.17) is 4.74 Å². The Labute approximate surface area is 170 Å². The van der Waals surface area contributed by atoms with Crippen molar-refractivity contribution in [3.63, 3.8) is 0 Å². The predicted molar refractivity (Wildman–Crippen MR) is 103 cm³/mol. The summed E-state index contributed by atoms with van der Waals surface area (Å²) in [5.74, 6) is -2.95. The number of unbranched alkanes of at least 4 members (excludes halogenated alkanes) is 6. The Kier molecular flexibility index (Phi) is 12.0. The Morgan fingerprint density at radius 2 is 1.72 bits per heavy atom. The second kappa shape index (κ2) is 14.0. The number of rotatable bonds is 14. The fourth-order valence-corrected chi connectivity index (χ4v) is 2.63. The lowest BCUT2D eigenvalue weighted by atomic mass is 10.1. The van der Waals surface area contributed by atoms with Gasteiger partial charge in [-0.2, -0.15) is 13.2 Å². The molecule has 0 aromatic heterocycles. The van der Waals surface area contributed by atoms with Crippen molar-refractivity contribution in [3.8, 4) is 5.75 Å². The van der Waals surface area contributed by atoms with E-state index < -0.39 is 18.1 Å². The van der Waals surface area contributed by atoms with E-state index in [2.05, 4.69) is 17.0 Å². The number of halogens is 3. The molecule has 0 saturated heterocycles. The van der Waals surface area contributed by atoms with Gasteiger partial charge in [-0.25, -0.2) is 4.79 Å². The van der Waals surface area contributed by atoms with Crippen molar-refractivity contribution < 1.29 is 32.2 Å². The second-order valence-corrected chi connectivity index (χ2v) is 6.80. The normalized spacial score (nSPS) is 11.3. The van der Waals surface area contributed by atoms with Gasteiger partial charge in [0.05, 0.1) is 13.0 Å². The molecular formula is C21H30F3NO4. The summed E-state index contributed by atoms with van der Waals surface area (Å²) in [6, 6.07) is 7.47. The van der Waals surface area contributed by atoms with Gasteiger partial charge in [-0.3, -0.25) is 4.79 Å². The van der Waals surface area contributed by atoms with E-state index in [9.17, 15) is 22.8 Å². The average molecular weight is 417 g/mol. The maximum absolute atomic E-state index is 12.0. The molecule has 1 rings (SSSR count). The Bertz CT molecular complexity index is 620. The zero-order valence-corrected chi connectivity index (χ0v) is 16.9. The van der Waals surface area contributed by atoms with Crippen LogP contribution in [0.25, 0.3) is 0 Å². The minimum atomic E-state index is -5.17. The standard InChI is InChI=1S/C21H30F3NO4/c1-2-3-4-5-6-7-8-14-28-18-11-9-10-17(15-18)16-25-13-12-19(26)29-20(27)21(22,23)24/h9-11,15,25H,2-8,12-14,16H2,1H3. The molecule has 1 N–H and O–H groups in total. The van der Waals surface area contributed by atoms with Gasteiger partial charge in [0.1, 0.15) is 5.75 Å². The first-order valence-electron chi connectivity index (χ1n) is 10.1. The summed E-state index contributed by atoms with van der Waals surface area (Å²) in [4.78, 5) is 21.8. The highest BCUT2D eigenvalue weighted by Crippen LogP contribution is 2.17. The molecule has 0 saturated carbocycles. The molecule has 0 amide bonds. The van der Waals surface area contributed by atoms with E-state index in [0.29, 0.717) is 13.2 Å². The zero-order valence-electron chi connectivity index (χ0n) is 16.9. The van der Waals surface area contributed by atoms with Gasteiger partial charge in [-0.05, 0) is 24.1 Å². The average Bonchev–Trinajstić information content (AvgIpc) is 2.67. The van der Waals surface area contributed by atoms with E-state index >= 15 is 0 Å². The molecule has 1 aromatic rings. The fourth-order valence-electron chi connectivity index (χ4n) is 2.63. The number of hydrogen-bond acceptors (Lipinski definition) is 5. The topological polar surface area (TPSA) is 64.6 Å². The van der Waals surface area contributed by atoms with Crippen LogP contribution < -0.4 is 10.1 Å². The number of benzene rings is 1. The van der Waals surface area contributed by atoms with Gasteiger partial charge in [0.2, 0.25) is 0 Å². The highest BCUT2D eigenvalue weighted by molar-refractivity contribution is 5.88. The highest BCUT2D eigenvalue weighted by Gasteiger charge is 2.42. The largest absolute Gasteiger partial charge is 0.494 e. The number of ether oxygens (including phenoxy) is 2. The van der Waals surface area contributed by atoms with Crippen molar-refractivity contribution in [2.45, 2.75) is 71.0 Å². The van der Waals surface area contributed by atoms with Crippen LogP contribution in [0, 0.1) is 0 Å². The first-order chi connectivity index (χ1) is 13.8. The van der Waals surface area contributed by atoms with Crippen molar-refractivity contribution in [2.24, 2.45) is 0 Å². The van der Waals surface area contributed by atoms with Crippen LogP contribution in [0.2, 0.25) is 0 Å². The van der Waals surface area contributed by atoms with E-state index in [-0.39, 0.29) is 13.0 Å². The quantitative estimate of drug-likeness (QED) is 0.264. The Morgan fingerprint density at radius 3 is 2.41 bits per heavy atom. The lowest BCUT2D eigenvalue weighted by molar-refractivity contribution is -0.201. The molecule has 8 heteroatoms. The Balaban J connectivity index is 2.18. The van der Waals surface area contributed by atoms with E-state index in [0.717, 1.165) is 24.2 Å². The molecule has 1 aromatic carbocycles. The summed E-state index contributed by atoms with van der Waals surface area (Å²) in [5.41, 5.74) is 0.918. The Morgan fingerprint density at radius 1 is 1.03 bits per heavy atom. The van der Waals surface area contributed by atoms with E-state index in [1.165, 1.54) is 32.1 Å². The number of nitrogens with one attached hydrogen (secondary N) is 1. The van der Waals surface area contributed by atoms with Crippen LogP contribution in [0.5, 0.6) is 5.75 Å². The minimum absolute atomic E-state index is 0.0904. The molecule has 29 heavy (non-hydrogen) atoms. The van der Waals surface area contributed by atoms with Gasteiger partial charge < -0.3 is 14.8 Å². The molecule has 0 spiro atoms. The van der Waals surface area contributed by atoms with Crippen molar-refractivity contribution in [1.82, 2.24) is 5.32 Å². The summed E-state index contributed by atoms with van der Waals surface area (Å²) >= 11 is 0. The molecule has 0 radical (unpaired) electrons. The van der Waals surface area contributed by atoms with Crippen LogP contribution in [-0.2, 0) is 20.9 Å². The maximum atomic E-state index is 12.0. The zero-order chi connectivity index (χ0) is 21.5. The van der Waals surface area contributed by atoms with Crippen LogP contribution in [0.3, 0.4) is 0 Å². The van der Waals surface area contributed by atoms with Crippen LogP contribution in [0.15, 0.2) is 24.3 Å². The molecule has 5 nitrogen and oxygen atoms in total. The number of carbonyl (C=O) groups is 2. The maximum Gasteiger partial charge on any atom is 0.491 e. The van der Waals surface area contributed by atoms with Crippen molar-refractivity contribution in [3.05, 3.63) is 29.8 Å². The molecular weight excluding hydrogens is 387 g/mol. The van der Waals surface area contributed by atoms with Crippen molar-refractivity contribution >= 4 is 11.9 Å².